The van der Waals surface area contributed by atoms with Crippen molar-refractivity contribution in [1.29, 1.82) is 0 Å². The molecule has 0 aromatic heterocycles. The lowest BCUT2D eigenvalue weighted by Crippen LogP contribution is -2.21. The number of hydrogen-bond acceptors (Lipinski definition) is 6. The van der Waals surface area contributed by atoms with E-state index in [1.165, 1.54) is 0 Å². The summed E-state index contributed by atoms with van der Waals surface area (Å²) in [6.07, 6.45) is 0.452. The maximum absolute atomic E-state index is 12.4. The van der Waals surface area contributed by atoms with Crippen molar-refractivity contribution >= 4 is 29.2 Å². The van der Waals surface area contributed by atoms with Crippen molar-refractivity contribution in [3.8, 4) is 23.0 Å². The molecule has 4 aromatic carbocycles. The van der Waals surface area contributed by atoms with Crippen LogP contribution in [0.5, 0.6) is 23.0 Å². The van der Waals surface area contributed by atoms with Crippen molar-refractivity contribution in [1.82, 2.24) is 0 Å². The molecule has 8 nitrogen and oxygen atoms in total. The molecule has 0 radical (unpaired) electrons. The molecule has 2 amide bonds. The minimum atomic E-state index is -0.548. The van der Waals surface area contributed by atoms with E-state index in [1.807, 2.05) is 43.3 Å². The number of esters is 1. The molecule has 4 aromatic rings. The third-order valence-electron chi connectivity index (χ3n) is 6.42. The molecular weight excluding hydrogens is 544 g/mol. The fraction of sp³-hybridized carbons (Fsp3) is 0.229. The molecule has 0 fully saturated rings. The molecule has 2 N–H and O–H groups in total. The zero-order valence-electron chi connectivity index (χ0n) is 24.6. The lowest BCUT2D eigenvalue weighted by atomic mass is 10.0. The van der Waals surface area contributed by atoms with Gasteiger partial charge in [0.05, 0.1) is 0 Å². The number of carbonyl (C=O) groups excluding carboxylic acids is 3. The maximum Gasteiger partial charge on any atom is 0.306 e. The van der Waals surface area contributed by atoms with E-state index in [0.717, 1.165) is 16.9 Å². The van der Waals surface area contributed by atoms with Crippen molar-refractivity contribution in [3.63, 3.8) is 0 Å². The second-order valence-electron chi connectivity index (χ2n) is 10.4. The number of rotatable bonds is 13. The molecule has 0 aliphatic rings. The summed E-state index contributed by atoms with van der Waals surface area (Å²) in [6.45, 7) is 5.86. The van der Waals surface area contributed by atoms with Crippen molar-refractivity contribution in [2.24, 2.45) is 0 Å². The molecule has 43 heavy (non-hydrogen) atoms. The van der Waals surface area contributed by atoms with Crippen molar-refractivity contribution in [3.05, 3.63) is 108 Å². The molecule has 0 saturated heterocycles. The third kappa shape index (κ3) is 10.0. The van der Waals surface area contributed by atoms with E-state index < -0.39 is 18.5 Å². The van der Waals surface area contributed by atoms with Gasteiger partial charge >= 0.3 is 5.97 Å². The molecule has 0 aliphatic heterocycles. The monoisotopic (exact) mass is 580 g/mol. The molecule has 0 saturated carbocycles. The highest BCUT2D eigenvalue weighted by Gasteiger charge is 2.12. The van der Waals surface area contributed by atoms with Crippen LogP contribution >= 0.6 is 0 Å². The number of carbonyl (C=O) groups is 3. The van der Waals surface area contributed by atoms with E-state index in [4.69, 9.17) is 14.2 Å². The van der Waals surface area contributed by atoms with E-state index in [9.17, 15) is 14.4 Å². The van der Waals surface area contributed by atoms with E-state index in [2.05, 4.69) is 36.6 Å². The molecule has 0 heterocycles. The standard InChI is InChI=1S/C35H36N2O6/c1-24(2)31-21-12-25(3)22-32(31)43-30-19-15-26(16-20-30)36-33(38)10-7-11-35(40)41-23-34(39)37-27-13-17-29(18-14-27)42-28-8-5-4-6-9-28/h4-6,8-9,12-22,24H,7,10-11,23H2,1-3H3,(H,36,38)(H,37,39). The maximum atomic E-state index is 12.4. The first-order valence-corrected chi connectivity index (χ1v) is 14.2. The Morgan fingerprint density at radius 1 is 0.674 bits per heavy atom. The minimum Gasteiger partial charge on any atom is -0.457 e. The number of nitrogens with one attached hydrogen (secondary N) is 2. The van der Waals surface area contributed by atoms with Gasteiger partial charge in [-0.25, -0.2) is 0 Å². The quantitative estimate of drug-likeness (QED) is 0.155. The zero-order valence-corrected chi connectivity index (χ0v) is 24.6. The molecule has 0 aliphatic carbocycles. The lowest BCUT2D eigenvalue weighted by molar-refractivity contribution is -0.147. The molecule has 0 spiro atoms. The highest BCUT2D eigenvalue weighted by Crippen LogP contribution is 2.32. The zero-order chi connectivity index (χ0) is 30.6. The van der Waals surface area contributed by atoms with Gasteiger partial charge in [-0.1, -0.05) is 44.2 Å². The molecule has 8 heteroatoms. The van der Waals surface area contributed by atoms with Crippen LogP contribution in [0.4, 0.5) is 11.4 Å². The number of ether oxygens (including phenoxy) is 3. The smallest absolute Gasteiger partial charge is 0.306 e. The fourth-order valence-electron chi connectivity index (χ4n) is 4.20. The Labute approximate surface area is 252 Å². The van der Waals surface area contributed by atoms with Crippen molar-refractivity contribution in [2.45, 2.75) is 46.0 Å². The molecule has 0 bridgehead atoms. The van der Waals surface area contributed by atoms with Gasteiger partial charge in [-0.15, -0.1) is 0 Å². The number of anilines is 2. The second kappa shape index (κ2) is 15.2. The van der Waals surface area contributed by atoms with Crippen LogP contribution in [0.3, 0.4) is 0 Å². The number of benzene rings is 4. The van der Waals surface area contributed by atoms with Gasteiger partial charge in [0, 0.05) is 24.2 Å². The van der Waals surface area contributed by atoms with E-state index in [-0.39, 0.29) is 18.7 Å². The summed E-state index contributed by atoms with van der Waals surface area (Å²) in [5, 5.41) is 5.49. The second-order valence-corrected chi connectivity index (χ2v) is 10.4. The molecule has 4 rings (SSSR count). The average molecular weight is 581 g/mol. The predicted molar refractivity (Wildman–Crippen MR) is 167 cm³/mol. The molecular formula is C35H36N2O6. The minimum absolute atomic E-state index is 0.0215. The van der Waals surface area contributed by atoms with Crippen molar-refractivity contribution < 1.29 is 28.6 Å². The van der Waals surface area contributed by atoms with Gasteiger partial charge in [-0.05, 0) is 97.1 Å². The highest BCUT2D eigenvalue weighted by atomic mass is 16.5. The Morgan fingerprint density at radius 3 is 1.88 bits per heavy atom. The predicted octanol–water partition coefficient (Wildman–Crippen LogP) is 7.99. The Hall–Kier alpha value is -5.11. The fourth-order valence-corrected chi connectivity index (χ4v) is 4.20. The summed E-state index contributed by atoms with van der Waals surface area (Å²) >= 11 is 0. The van der Waals surface area contributed by atoms with Crippen LogP contribution in [0, 0.1) is 6.92 Å². The molecule has 0 atom stereocenters. The van der Waals surface area contributed by atoms with E-state index in [1.54, 1.807) is 48.5 Å². The van der Waals surface area contributed by atoms with Gasteiger partial charge in [0.25, 0.3) is 5.91 Å². The largest absolute Gasteiger partial charge is 0.457 e. The van der Waals surface area contributed by atoms with Crippen LogP contribution in [-0.4, -0.2) is 24.4 Å². The molecule has 222 valence electrons. The third-order valence-corrected chi connectivity index (χ3v) is 6.42. The highest BCUT2D eigenvalue weighted by molar-refractivity contribution is 5.93. The Kier molecular flexibility index (Phi) is 10.9. The van der Waals surface area contributed by atoms with Gasteiger partial charge in [-0.2, -0.15) is 0 Å². The lowest BCUT2D eigenvalue weighted by Gasteiger charge is -2.15. The SMILES string of the molecule is Cc1ccc(C(C)C)c(Oc2ccc(NC(=O)CCCC(=O)OCC(=O)Nc3ccc(Oc4ccccc4)cc3)cc2)c1. The number of amides is 2. The Bertz CT molecular complexity index is 1520. The first kappa shape index (κ1) is 30.8. The van der Waals surface area contributed by atoms with Gasteiger partial charge < -0.3 is 24.8 Å². The average Bonchev–Trinajstić information content (AvgIpc) is 2.98. The van der Waals surface area contributed by atoms with E-state index in [0.29, 0.717) is 41.0 Å². The summed E-state index contributed by atoms with van der Waals surface area (Å²) in [7, 11) is 0. The van der Waals surface area contributed by atoms with E-state index >= 15 is 0 Å². The van der Waals surface area contributed by atoms with Crippen molar-refractivity contribution in [2.75, 3.05) is 17.2 Å². The van der Waals surface area contributed by atoms with Crippen LogP contribution in [0.1, 0.15) is 50.2 Å². The summed E-state index contributed by atoms with van der Waals surface area (Å²) < 4.78 is 16.9. The summed E-state index contributed by atoms with van der Waals surface area (Å²) in [4.78, 5) is 36.6. The van der Waals surface area contributed by atoms with Gasteiger partial charge in [0.1, 0.15) is 23.0 Å². The summed E-state index contributed by atoms with van der Waals surface area (Å²) in [6, 6.07) is 29.5. The Balaban J connectivity index is 1.13. The normalized spacial score (nSPS) is 10.6. The van der Waals surface area contributed by atoms with Crippen LogP contribution < -0.4 is 20.1 Å². The topological polar surface area (TPSA) is 103 Å². The molecule has 0 unspecified atom stereocenters. The summed E-state index contributed by atoms with van der Waals surface area (Å²) in [5.74, 6) is 1.93. The summed E-state index contributed by atoms with van der Waals surface area (Å²) in [5.41, 5.74) is 3.42. The van der Waals surface area contributed by atoms with Crippen LogP contribution in [-0.2, 0) is 19.1 Å². The van der Waals surface area contributed by atoms with Crippen LogP contribution in [0.15, 0.2) is 97.1 Å². The van der Waals surface area contributed by atoms with Gasteiger partial charge in [0.15, 0.2) is 6.61 Å². The number of aryl methyl sites for hydroxylation is 1. The number of para-hydroxylation sites is 1. The Morgan fingerprint density at radius 2 is 1.26 bits per heavy atom. The van der Waals surface area contributed by atoms with Gasteiger partial charge in [0.2, 0.25) is 5.91 Å². The first-order valence-electron chi connectivity index (χ1n) is 14.2. The van der Waals surface area contributed by atoms with Crippen LogP contribution in [0.25, 0.3) is 0 Å². The first-order chi connectivity index (χ1) is 20.7. The number of hydrogen-bond donors (Lipinski definition) is 2. The van der Waals surface area contributed by atoms with Gasteiger partial charge in [-0.3, -0.25) is 14.4 Å². The van der Waals surface area contributed by atoms with Crippen LogP contribution in [0.2, 0.25) is 0 Å².